The van der Waals surface area contributed by atoms with Crippen LogP contribution in [0.4, 0.5) is 5.69 Å². The molecule has 0 saturated carbocycles. The Kier molecular flexibility index (Phi) is 2.31. The largest absolute Gasteiger partial charge is 0.493 e. The van der Waals surface area contributed by atoms with Crippen molar-refractivity contribution < 1.29 is 4.74 Å². The minimum Gasteiger partial charge on any atom is -0.493 e. The molecule has 2 nitrogen and oxygen atoms in total. The van der Waals surface area contributed by atoms with Crippen LogP contribution in [-0.4, -0.2) is 6.61 Å². The highest BCUT2D eigenvalue weighted by molar-refractivity contribution is 5.63. The maximum atomic E-state index is 5.89. The van der Waals surface area contributed by atoms with Gasteiger partial charge in [0.05, 0.1) is 12.6 Å². The van der Waals surface area contributed by atoms with Gasteiger partial charge in [-0.15, -0.1) is 0 Å². The van der Waals surface area contributed by atoms with Crippen molar-refractivity contribution in [3.8, 4) is 5.75 Å². The van der Waals surface area contributed by atoms with Gasteiger partial charge in [-0.05, 0) is 31.0 Å². The highest BCUT2D eigenvalue weighted by Gasteiger charge is 2.36. The predicted molar refractivity (Wildman–Crippen MR) is 76.8 cm³/mol. The van der Waals surface area contributed by atoms with Crippen molar-refractivity contribution in [1.29, 1.82) is 0 Å². The summed E-state index contributed by atoms with van der Waals surface area (Å²) in [4.78, 5) is 0. The van der Waals surface area contributed by atoms with Crippen molar-refractivity contribution >= 4 is 5.69 Å². The van der Waals surface area contributed by atoms with Crippen molar-refractivity contribution in [2.45, 2.75) is 25.3 Å². The summed E-state index contributed by atoms with van der Waals surface area (Å²) in [6.07, 6.45) is 1.07. The van der Waals surface area contributed by atoms with Crippen LogP contribution >= 0.6 is 0 Å². The summed E-state index contributed by atoms with van der Waals surface area (Å²) in [5, 5.41) is 3.68. The van der Waals surface area contributed by atoms with Crippen LogP contribution in [0.5, 0.6) is 5.75 Å². The second kappa shape index (κ2) is 4.02. The normalized spacial score (nSPS) is 23.4. The molecule has 2 aromatic carbocycles. The number of nitrogens with one attached hydrogen (secondary N) is 1. The Bertz CT molecular complexity index is 635. The molecular formula is C17H17NO. The second-order valence-corrected chi connectivity index (χ2v) is 5.49. The Hall–Kier alpha value is -1.96. The number of hydrogen-bond donors (Lipinski definition) is 1. The van der Waals surface area contributed by atoms with E-state index in [0.29, 0.717) is 12.0 Å². The van der Waals surface area contributed by atoms with Gasteiger partial charge < -0.3 is 10.1 Å². The standard InChI is InChI=1S/C17H17NO/c1-11-6-7-15-14(10-11)12-8-9-19-16-5-3-2-4-13(16)17(12)18-15/h2-7,10,12,17-18H,8-9H2,1H3/t12-,17-/m0/s1. The molecule has 0 saturated heterocycles. The molecule has 1 N–H and O–H groups in total. The van der Waals surface area contributed by atoms with Gasteiger partial charge in [-0.1, -0.05) is 35.9 Å². The third-order valence-corrected chi connectivity index (χ3v) is 4.26. The van der Waals surface area contributed by atoms with Crippen LogP contribution in [0.2, 0.25) is 0 Å². The fourth-order valence-corrected chi connectivity index (χ4v) is 3.35. The Morgan fingerprint density at radius 2 is 2.00 bits per heavy atom. The van der Waals surface area contributed by atoms with Crippen LogP contribution < -0.4 is 10.1 Å². The number of hydrogen-bond acceptors (Lipinski definition) is 2. The SMILES string of the molecule is Cc1ccc2c(c1)[C@@H]1CCOc3ccccc3[C@H]1N2. The van der Waals surface area contributed by atoms with Gasteiger partial charge in [0, 0.05) is 17.2 Å². The molecule has 0 unspecified atom stereocenters. The molecule has 0 radical (unpaired) electrons. The summed E-state index contributed by atoms with van der Waals surface area (Å²) in [5.41, 5.74) is 5.36. The van der Waals surface area contributed by atoms with Crippen LogP contribution in [0, 0.1) is 6.92 Å². The lowest BCUT2D eigenvalue weighted by atomic mass is 9.88. The zero-order valence-electron chi connectivity index (χ0n) is 11.0. The fourth-order valence-electron chi connectivity index (χ4n) is 3.35. The van der Waals surface area contributed by atoms with E-state index < -0.39 is 0 Å². The van der Waals surface area contributed by atoms with E-state index in [1.807, 2.05) is 6.07 Å². The number of aryl methyl sites for hydroxylation is 1. The molecule has 0 aliphatic carbocycles. The Balaban J connectivity index is 1.84. The monoisotopic (exact) mass is 251 g/mol. The van der Waals surface area contributed by atoms with Crippen molar-refractivity contribution in [2.75, 3.05) is 11.9 Å². The number of benzene rings is 2. The first kappa shape index (κ1) is 10.9. The van der Waals surface area contributed by atoms with E-state index in [2.05, 4.69) is 48.6 Å². The zero-order valence-corrected chi connectivity index (χ0v) is 11.0. The summed E-state index contributed by atoms with van der Waals surface area (Å²) in [7, 11) is 0. The minimum absolute atomic E-state index is 0.357. The lowest BCUT2D eigenvalue weighted by Gasteiger charge is -2.18. The average molecular weight is 251 g/mol. The summed E-state index contributed by atoms with van der Waals surface area (Å²) in [6, 6.07) is 15.5. The van der Waals surface area contributed by atoms with E-state index in [9.17, 15) is 0 Å². The van der Waals surface area contributed by atoms with E-state index in [1.165, 1.54) is 22.4 Å². The van der Waals surface area contributed by atoms with E-state index in [-0.39, 0.29) is 0 Å². The first-order valence-electron chi connectivity index (χ1n) is 6.92. The summed E-state index contributed by atoms with van der Waals surface area (Å²) in [5.74, 6) is 1.56. The van der Waals surface area contributed by atoms with Crippen molar-refractivity contribution in [3.63, 3.8) is 0 Å². The Morgan fingerprint density at radius 1 is 1.11 bits per heavy atom. The van der Waals surface area contributed by atoms with Gasteiger partial charge in [0.2, 0.25) is 0 Å². The number of fused-ring (bicyclic) bond motifs is 5. The molecule has 0 fully saturated rings. The molecule has 96 valence electrons. The maximum Gasteiger partial charge on any atom is 0.124 e. The molecular weight excluding hydrogens is 234 g/mol. The van der Waals surface area contributed by atoms with Crippen LogP contribution in [0.3, 0.4) is 0 Å². The van der Waals surface area contributed by atoms with Crippen molar-refractivity contribution in [3.05, 3.63) is 59.2 Å². The Morgan fingerprint density at radius 3 is 2.95 bits per heavy atom. The van der Waals surface area contributed by atoms with Gasteiger partial charge in [0.25, 0.3) is 0 Å². The number of anilines is 1. The van der Waals surface area contributed by atoms with Crippen LogP contribution in [0.15, 0.2) is 42.5 Å². The molecule has 2 heterocycles. The molecule has 19 heavy (non-hydrogen) atoms. The third-order valence-electron chi connectivity index (χ3n) is 4.26. The zero-order chi connectivity index (χ0) is 12.8. The van der Waals surface area contributed by atoms with Gasteiger partial charge in [-0.3, -0.25) is 0 Å². The topological polar surface area (TPSA) is 21.3 Å². The first-order valence-corrected chi connectivity index (χ1v) is 6.92. The van der Waals surface area contributed by atoms with Crippen molar-refractivity contribution in [2.24, 2.45) is 0 Å². The smallest absolute Gasteiger partial charge is 0.124 e. The third kappa shape index (κ3) is 1.63. The molecule has 2 aliphatic rings. The summed E-state index contributed by atoms with van der Waals surface area (Å²) >= 11 is 0. The van der Waals surface area contributed by atoms with E-state index in [1.54, 1.807) is 0 Å². The molecule has 0 spiro atoms. The average Bonchev–Trinajstić information content (AvgIpc) is 2.67. The van der Waals surface area contributed by atoms with Crippen LogP contribution in [0.1, 0.15) is 35.1 Å². The van der Waals surface area contributed by atoms with E-state index in [4.69, 9.17) is 4.74 Å². The van der Waals surface area contributed by atoms with Gasteiger partial charge in [0.1, 0.15) is 5.75 Å². The Labute approximate surface area is 113 Å². The molecule has 2 aromatic rings. The van der Waals surface area contributed by atoms with Crippen molar-refractivity contribution in [1.82, 2.24) is 0 Å². The highest BCUT2D eigenvalue weighted by atomic mass is 16.5. The highest BCUT2D eigenvalue weighted by Crippen LogP contribution is 2.49. The lowest BCUT2D eigenvalue weighted by Crippen LogP contribution is -2.10. The minimum atomic E-state index is 0.357. The molecule has 0 amide bonds. The van der Waals surface area contributed by atoms with E-state index >= 15 is 0 Å². The summed E-state index contributed by atoms with van der Waals surface area (Å²) in [6.45, 7) is 2.96. The number of ether oxygens (including phenoxy) is 1. The molecule has 0 bridgehead atoms. The lowest BCUT2D eigenvalue weighted by molar-refractivity contribution is 0.309. The van der Waals surface area contributed by atoms with Gasteiger partial charge in [-0.25, -0.2) is 0 Å². The quantitative estimate of drug-likeness (QED) is 0.763. The molecule has 2 heteroatoms. The van der Waals surface area contributed by atoms with Crippen LogP contribution in [-0.2, 0) is 0 Å². The first-order chi connectivity index (χ1) is 9.33. The number of rotatable bonds is 0. The molecule has 0 aromatic heterocycles. The maximum absolute atomic E-state index is 5.89. The summed E-state index contributed by atoms with van der Waals surface area (Å²) < 4.78 is 5.89. The molecule has 2 atom stereocenters. The number of para-hydroxylation sites is 1. The van der Waals surface area contributed by atoms with Crippen LogP contribution in [0.25, 0.3) is 0 Å². The molecule has 2 aliphatic heterocycles. The fraction of sp³-hybridized carbons (Fsp3) is 0.294. The predicted octanol–water partition coefficient (Wildman–Crippen LogP) is 4.03. The van der Waals surface area contributed by atoms with Gasteiger partial charge >= 0.3 is 0 Å². The van der Waals surface area contributed by atoms with Gasteiger partial charge in [0.15, 0.2) is 0 Å². The van der Waals surface area contributed by atoms with E-state index in [0.717, 1.165) is 18.8 Å². The molecule has 4 rings (SSSR count). The second-order valence-electron chi connectivity index (χ2n) is 5.49. The van der Waals surface area contributed by atoms with Gasteiger partial charge in [-0.2, -0.15) is 0 Å².